The fraction of sp³-hybridized carbons (Fsp3) is 0.476. The third-order valence-corrected chi connectivity index (χ3v) is 8.13. The minimum atomic E-state index is -3.98. The molecular formula is C21H24FN3O5S. The molecule has 0 aromatic heterocycles. The Hall–Kier alpha value is -2.59. The smallest absolute Gasteiger partial charge is 0.246 e. The minimum absolute atomic E-state index is 0.00438. The van der Waals surface area contributed by atoms with Gasteiger partial charge in [0, 0.05) is 39.1 Å². The second-order valence-electron chi connectivity index (χ2n) is 7.95. The predicted molar refractivity (Wildman–Crippen MR) is 108 cm³/mol. The molecule has 31 heavy (non-hydrogen) atoms. The van der Waals surface area contributed by atoms with Crippen LogP contribution in [0.2, 0.25) is 0 Å². The molecule has 2 saturated heterocycles. The van der Waals surface area contributed by atoms with Crippen molar-refractivity contribution in [3.8, 4) is 0 Å². The zero-order valence-electron chi connectivity index (χ0n) is 16.9. The molecule has 3 aliphatic rings. The van der Waals surface area contributed by atoms with Crippen LogP contribution in [0.5, 0.6) is 0 Å². The van der Waals surface area contributed by atoms with E-state index < -0.39 is 15.8 Å². The molecular weight excluding hydrogens is 425 g/mol. The van der Waals surface area contributed by atoms with E-state index in [-0.39, 0.29) is 73.6 Å². The van der Waals surface area contributed by atoms with Crippen molar-refractivity contribution in [3.63, 3.8) is 0 Å². The van der Waals surface area contributed by atoms with Gasteiger partial charge in [0.05, 0.1) is 11.8 Å². The van der Waals surface area contributed by atoms with E-state index in [0.29, 0.717) is 12.8 Å². The van der Waals surface area contributed by atoms with Gasteiger partial charge in [0.15, 0.2) is 0 Å². The number of rotatable bonds is 5. The number of carbonyl (C=O) groups is 3. The Morgan fingerprint density at radius 3 is 2.13 bits per heavy atom. The lowest BCUT2D eigenvalue weighted by atomic mass is 9.85. The highest BCUT2D eigenvalue weighted by Gasteiger charge is 2.47. The van der Waals surface area contributed by atoms with Gasteiger partial charge in [-0.3, -0.25) is 19.3 Å². The summed E-state index contributed by atoms with van der Waals surface area (Å²) >= 11 is 0. The summed E-state index contributed by atoms with van der Waals surface area (Å²) in [6.07, 6.45) is 4.94. The first-order chi connectivity index (χ1) is 14.8. The molecule has 10 heteroatoms. The number of piperazine rings is 1. The molecule has 1 aromatic rings. The van der Waals surface area contributed by atoms with Crippen LogP contribution in [0.25, 0.3) is 0 Å². The zero-order chi connectivity index (χ0) is 22.2. The maximum atomic E-state index is 13.9. The van der Waals surface area contributed by atoms with E-state index in [0.717, 1.165) is 6.07 Å². The van der Waals surface area contributed by atoms with Crippen LogP contribution in [-0.4, -0.2) is 73.0 Å². The SMILES string of the molecule is O=C(CCN1C(=O)[C@@H]2CC=CC[C@H]2C1=O)N1CCN(S(=O)(=O)c2ccccc2F)CC1. The maximum absolute atomic E-state index is 13.9. The number of fused-ring (bicyclic) bond motifs is 1. The van der Waals surface area contributed by atoms with Crippen molar-refractivity contribution < 1.29 is 27.2 Å². The molecule has 4 rings (SSSR count). The molecule has 166 valence electrons. The van der Waals surface area contributed by atoms with Crippen molar-refractivity contribution >= 4 is 27.7 Å². The lowest BCUT2D eigenvalue weighted by Crippen LogP contribution is -2.51. The van der Waals surface area contributed by atoms with Crippen LogP contribution in [0, 0.1) is 17.7 Å². The van der Waals surface area contributed by atoms with E-state index >= 15 is 0 Å². The Balaban J connectivity index is 1.31. The van der Waals surface area contributed by atoms with Crippen LogP contribution in [0.4, 0.5) is 4.39 Å². The first kappa shape index (κ1) is 21.6. The fourth-order valence-electron chi connectivity index (χ4n) is 4.43. The average Bonchev–Trinajstić information content (AvgIpc) is 3.02. The summed E-state index contributed by atoms with van der Waals surface area (Å²) in [6.45, 7) is 0.490. The summed E-state index contributed by atoms with van der Waals surface area (Å²) < 4.78 is 40.5. The molecule has 0 saturated carbocycles. The monoisotopic (exact) mass is 449 g/mol. The van der Waals surface area contributed by atoms with Crippen LogP contribution < -0.4 is 0 Å². The van der Waals surface area contributed by atoms with Crippen molar-refractivity contribution in [1.29, 1.82) is 0 Å². The molecule has 2 heterocycles. The number of nitrogens with zero attached hydrogens (tertiary/aromatic N) is 3. The summed E-state index contributed by atoms with van der Waals surface area (Å²) in [5.74, 6) is -2.12. The van der Waals surface area contributed by atoms with Gasteiger partial charge in [0.1, 0.15) is 10.7 Å². The number of hydrogen-bond acceptors (Lipinski definition) is 5. The third-order valence-electron chi connectivity index (χ3n) is 6.19. The fourth-order valence-corrected chi connectivity index (χ4v) is 5.91. The Kier molecular flexibility index (Phi) is 5.94. The number of allylic oxidation sites excluding steroid dienone is 2. The molecule has 0 unspecified atom stereocenters. The number of hydrogen-bond donors (Lipinski definition) is 0. The van der Waals surface area contributed by atoms with Crippen molar-refractivity contribution in [2.24, 2.45) is 11.8 Å². The Morgan fingerprint density at radius 1 is 0.968 bits per heavy atom. The van der Waals surface area contributed by atoms with Crippen LogP contribution in [0.3, 0.4) is 0 Å². The first-order valence-electron chi connectivity index (χ1n) is 10.3. The Labute approximate surface area is 180 Å². The number of imide groups is 1. The summed E-state index contributed by atoms with van der Waals surface area (Å²) in [6, 6.07) is 5.20. The normalized spacial score (nSPS) is 24.5. The van der Waals surface area contributed by atoms with Gasteiger partial charge in [0.25, 0.3) is 0 Å². The molecule has 2 fully saturated rings. The molecule has 1 aromatic carbocycles. The molecule has 0 bridgehead atoms. The third kappa shape index (κ3) is 4.01. The van der Waals surface area contributed by atoms with E-state index in [9.17, 15) is 27.2 Å². The predicted octanol–water partition coefficient (Wildman–Crippen LogP) is 1.000. The maximum Gasteiger partial charge on any atom is 0.246 e. The van der Waals surface area contributed by atoms with Crippen LogP contribution in [-0.2, 0) is 24.4 Å². The van der Waals surface area contributed by atoms with Crippen molar-refractivity contribution in [3.05, 3.63) is 42.2 Å². The highest BCUT2D eigenvalue weighted by molar-refractivity contribution is 7.89. The second kappa shape index (κ2) is 8.51. The molecule has 2 aliphatic heterocycles. The summed E-state index contributed by atoms with van der Waals surface area (Å²) in [4.78, 5) is 39.9. The van der Waals surface area contributed by atoms with Gasteiger partial charge in [-0.05, 0) is 25.0 Å². The van der Waals surface area contributed by atoms with Gasteiger partial charge in [-0.15, -0.1) is 0 Å². The number of likely N-dealkylation sites (tertiary alicyclic amines) is 1. The van der Waals surface area contributed by atoms with Gasteiger partial charge >= 0.3 is 0 Å². The van der Waals surface area contributed by atoms with E-state index in [4.69, 9.17) is 0 Å². The molecule has 3 amide bonds. The lowest BCUT2D eigenvalue weighted by Gasteiger charge is -2.34. The van der Waals surface area contributed by atoms with Gasteiger partial charge in [-0.25, -0.2) is 12.8 Å². The lowest BCUT2D eigenvalue weighted by molar-refractivity contribution is -0.141. The first-order valence-corrected chi connectivity index (χ1v) is 11.8. The summed E-state index contributed by atoms with van der Waals surface area (Å²) in [5, 5.41) is 0. The Morgan fingerprint density at radius 2 is 1.55 bits per heavy atom. The van der Waals surface area contributed by atoms with E-state index in [2.05, 4.69) is 0 Å². The van der Waals surface area contributed by atoms with Gasteiger partial charge in [-0.2, -0.15) is 4.31 Å². The highest BCUT2D eigenvalue weighted by atomic mass is 32.2. The summed E-state index contributed by atoms with van der Waals surface area (Å²) in [5.41, 5.74) is 0. The minimum Gasteiger partial charge on any atom is -0.340 e. The summed E-state index contributed by atoms with van der Waals surface area (Å²) in [7, 11) is -3.98. The molecule has 8 nitrogen and oxygen atoms in total. The molecule has 0 N–H and O–H groups in total. The quantitative estimate of drug-likeness (QED) is 0.494. The van der Waals surface area contributed by atoms with E-state index in [1.54, 1.807) is 0 Å². The van der Waals surface area contributed by atoms with Crippen molar-refractivity contribution in [2.75, 3.05) is 32.7 Å². The van der Waals surface area contributed by atoms with Gasteiger partial charge in [0.2, 0.25) is 27.7 Å². The molecule has 0 radical (unpaired) electrons. The van der Waals surface area contributed by atoms with Gasteiger partial charge in [-0.1, -0.05) is 24.3 Å². The molecule has 2 atom stereocenters. The van der Waals surface area contributed by atoms with Gasteiger partial charge < -0.3 is 4.90 Å². The number of benzene rings is 1. The highest BCUT2D eigenvalue weighted by Crippen LogP contribution is 2.35. The second-order valence-corrected chi connectivity index (χ2v) is 9.86. The van der Waals surface area contributed by atoms with Crippen LogP contribution in [0.1, 0.15) is 19.3 Å². The topological polar surface area (TPSA) is 95.1 Å². The van der Waals surface area contributed by atoms with Crippen molar-refractivity contribution in [2.45, 2.75) is 24.2 Å². The van der Waals surface area contributed by atoms with E-state index in [1.807, 2.05) is 12.2 Å². The standard InChI is InChI=1S/C21H24FN3O5S/c22-17-7-3-4-8-18(17)31(29,30)24-13-11-23(12-14-24)19(26)9-10-25-20(27)15-5-1-2-6-16(15)21(25)28/h1-4,7-8,15-16H,5-6,9-14H2/t15-,16-/m1/s1. The van der Waals surface area contributed by atoms with E-state index in [1.165, 1.54) is 32.3 Å². The average molecular weight is 450 g/mol. The van der Waals surface area contributed by atoms with Crippen LogP contribution >= 0.6 is 0 Å². The molecule has 0 spiro atoms. The number of halogens is 1. The number of sulfonamides is 1. The zero-order valence-corrected chi connectivity index (χ0v) is 17.8. The van der Waals surface area contributed by atoms with Crippen molar-refractivity contribution in [1.82, 2.24) is 14.1 Å². The number of amides is 3. The number of carbonyl (C=O) groups excluding carboxylic acids is 3. The van der Waals surface area contributed by atoms with Crippen LogP contribution in [0.15, 0.2) is 41.3 Å². The molecule has 1 aliphatic carbocycles. The largest absolute Gasteiger partial charge is 0.340 e. The Bertz CT molecular complexity index is 1010.